The molecule has 1 aliphatic rings. The highest BCUT2D eigenvalue weighted by Gasteiger charge is 2.30. The molecule has 98 valence electrons. The second-order valence-corrected chi connectivity index (χ2v) is 5.05. The zero-order chi connectivity index (χ0) is 13.1. The first kappa shape index (κ1) is 13.8. The van der Waals surface area contributed by atoms with Gasteiger partial charge >= 0.3 is 12.1 Å². The number of carbonyl (C=O) groups excluding carboxylic acids is 1. The standard InChI is InChI=1S/C11H19NO5/c1-11(2,3)17-10(15)12-6-7-4-5-8(16-7)9(13)14/h7-8H,4-6H2,1-3H3,(H,12,15)(H,13,14)/t7-,8+/m0/s1. The topological polar surface area (TPSA) is 84.9 Å². The minimum Gasteiger partial charge on any atom is -0.479 e. The highest BCUT2D eigenvalue weighted by atomic mass is 16.6. The van der Waals surface area contributed by atoms with Crippen LogP contribution < -0.4 is 5.32 Å². The minimum absolute atomic E-state index is 0.247. The van der Waals surface area contributed by atoms with Gasteiger partial charge in [0.2, 0.25) is 0 Å². The Balaban J connectivity index is 2.24. The van der Waals surface area contributed by atoms with Crippen molar-refractivity contribution in [3.05, 3.63) is 0 Å². The third-order valence-corrected chi connectivity index (χ3v) is 2.26. The van der Waals surface area contributed by atoms with Crippen molar-refractivity contribution in [3.8, 4) is 0 Å². The number of amides is 1. The lowest BCUT2D eigenvalue weighted by molar-refractivity contribution is -0.149. The van der Waals surface area contributed by atoms with E-state index in [-0.39, 0.29) is 12.6 Å². The number of alkyl carbamates (subject to hydrolysis) is 1. The van der Waals surface area contributed by atoms with Gasteiger partial charge in [-0.2, -0.15) is 0 Å². The Bertz CT molecular complexity index is 297. The molecule has 0 aromatic heterocycles. The molecule has 0 spiro atoms. The van der Waals surface area contributed by atoms with Gasteiger partial charge in [-0.15, -0.1) is 0 Å². The Labute approximate surface area is 100 Å². The molecule has 2 atom stereocenters. The van der Waals surface area contributed by atoms with E-state index in [0.717, 1.165) is 0 Å². The Morgan fingerprint density at radius 1 is 1.41 bits per heavy atom. The number of aliphatic carboxylic acids is 1. The number of nitrogens with one attached hydrogen (secondary N) is 1. The zero-order valence-corrected chi connectivity index (χ0v) is 10.4. The van der Waals surface area contributed by atoms with E-state index in [1.54, 1.807) is 20.8 Å². The van der Waals surface area contributed by atoms with Gasteiger partial charge in [-0.25, -0.2) is 9.59 Å². The van der Waals surface area contributed by atoms with Crippen molar-refractivity contribution in [3.63, 3.8) is 0 Å². The van der Waals surface area contributed by atoms with Crippen LogP contribution in [-0.4, -0.2) is 41.5 Å². The summed E-state index contributed by atoms with van der Waals surface area (Å²) in [7, 11) is 0. The van der Waals surface area contributed by atoms with Crippen LogP contribution in [0.5, 0.6) is 0 Å². The molecule has 2 N–H and O–H groups in total. The summed E-state index contributed by atoms with van der Waals surface area (Å²) in [6, 6.07) is 0. The molecule has 0 aromatic rings. The summed E-state index contributed by atoms with van der Waals surface area (Å²) in [5, 5.41) is 11.3. The molecule has 1 amide bonds. The molecule has 6 nitrogen and oxygen atoms in total. The Kier molecular flexibility index (Phi) is 4.34. The fourth-order valence-electron chi connectivity index (χ4n) is 1.55. The van der Waals surface area contributed by atoms with Gasteiger partial charge in [0.25, 0.3) is 0 Å². The molecule has 0 radical (unpaired) electrons. The first-order chi connectivity index (χ1) is 7.78. The van der Waals surface area contributed by atoms with Crippen LogP contribution in [0.1, 0.15) is 33.6 Å². The predicted octanol–water partition coefficient (Wildman–Crippen LogP) is 1.14. The molecule has 1 heterocycles. The van der Waals surface area contributed by atoms with Crippen molar-refractivity contribution in [2.75, 3.05) is 6.54 Å². The molecule has 0 saturated carbocycles. The van der Waals surface area contributed by atoms with Crippen LogP contribution in [0.2, 0.25) is 0 Å². The number of hydrogen-bond acceptors (Lipinski definition) is 4. The van der Waals surface area contributed by atoms with E-state index in [9.17, 15) is 9.59 Å². The minimum atomic E-state index is -0.954. The highest BCUT2D eigenvalue weighted by Crippen LogP contribution is 2.19. The summed E-state index contributed by atoms with van der Waals surface area (Å²) in [6.07, 6.45) is -0.396. The quantitative estimate of drug-likeness (QED) is 0.779. The summed E-state index contributed by atoms with van der Waals surface area (Å²) >= 11 is 0. The normalized spacial score (nSPS) is 24.4. The summed E-state index contributed by atoms with van der Waals surface area (Å²) in [4.78, 5) is 22.0. The number of carbonyl (C=O) groups is 2. The van der Waals surface area contributed by atoms with E-state index in [0.29, 0.717) is 12.8 Å². The predicted molar refractivity (Wildman–Crippen MR) is 59.8 cm³/mol. The van der Waals surface area contributed by atoms with Crippen molar-refractivity contribution in [2.45, 2.75) is 51.4 Å². The smallest absolute Gasteiger partial charge is 0.407 e. The zero-order valence-electron chi connectivity index (χ0n) is 10.4. The Morgan fingerprint density at radius 3 is 2.53 bits per heavy atom. The van der Waals surface area contributed by atoms with Crippen LogP contribution in [0.4, 0.5) is 4.79 Å². The van der Waals surface area contributed by atoms with Crippen LogP contribution in [-0.2, 0) is 14.3 Å². The van der Waals surface area contributed by atoms with E-state index >= 15 is 0 Å². The van der Waals surface area contributed by atoms with Crippen LogP contribution >= 0.6 is 0 Å². The molecule has 6 heteroatoms. The number of carboxylic acid groups (broad SMARTS) is 1. The second-order valence-electron chi connectivity index (χ2n) is 5.05. The van der Waals surface area contributed by atoms with Gasteiger partial charge in [0, 0.05) is 6.54 Å². The molecular formula is C11H19NO5. The van der Waals surface area contributed by atoms with Gasteiger partial charge in [-0.3, -0.25) is 0 Å². The Hall–Kier alpha value is -1.30. The second kappa shape index (κ2) is 5.35. The van der Waals surface area contributed by atoms with Crippen LogP contribution in [0.25, 0.3) is 0 Å². The van der Waals surface area contributed by atoms with Gasteiger partial charge in [0.15, 0.2) is 6.10 Å². The van der Waals surface area contributed by atoms with Gasteiger partial charge in [-0.1, -0.05) is 0 Å². The third kappa shape index (κ3) is 5.04. The maximum absolute atomic E-state index is 11.3. The molecule has 0 aromatic carbocycles. The summed E-state index contributed by atoms with van der Waals surface area (Å²) in [5.74, 6) is -0.954. The van der Waals surface area contributed by atoms with Gasteiger partial charge in [-0.05, 0) is 33.6 Å². The highest BCUT2D eigenvalue weighted by molar-refractivity contribution is 5.72. The van der Waals surface area contributed by atoms with Crippen LogP contribution in [0.3, 0.4) is 0 Å². The Morgan fingerprint density at radius 2 is 2.06 bits per heavy atom. The van der Waals surface area contributed by atoms with E-state index in [1.807, 2.05) is 0 Å². The molecular weight excluding hydrogens is 226 g/mol. The molecule has 1 saturated heterocycles. The number of carboxylic acids is 1. The first-order valence-corrected chi connectivity index (χ1v) is 5.63. The van der Waals surface area contributed by atoms with E-state index in [2.05, 4.69) is 5.32 Å². The molecule has 1 fully saturated rings. The molecule has 0 aliphatic carbocycles. The average Bonchev–Trinajstić information content (AvgIpc) is 2.60. The lowest BCUT2D eigenvalue weighted by Crippen LogP contribution is -2.37. The lowest BCUT2D eigenvalue weighted by Gasteiger charge is -2.20. The maximum Gasteiger partial charge on any atom is 0.407 e. The maximum atomic E-state index is 11.3. The van der Waals surface area contributed by atoms with E-state index in [4.69, 9.17) is 14.6 Å². The van der Waals surface area contributed by atoms with Crippen LogP contribution in [0, 0.1) is 0 Å². The largest absolute Gasteiger partial charge is 0.479 e. The van der Waals surface area contributed by atoms with E-state index in [1.165, 1.54) is 0 Å². The average molecular weight is 245 g/mol. The van der Waals surface area contributed by atoms with Crippen molar-refractivity contribution in [1.29, 1.82) is 0 Å². The van der Waals surface area contributed by atoms with E-state index < -0.39 is 23.8 Å². The lowest BCUT2D eigenvalue weighted by atomic mass is 10.2. The van der Waals surface area contributed by atoms with Gasteiger partial charge < -0.3 is 19.9 Å². The van der Waals surface area contributed by atoms with Gasteiger partial charge in [0.1, 0.15) is 5.60 Å². The first-order valence-electron chi connectivity index (χ1n) is 5.63. The van der Waals surface area contributed by atoms with Crippen molar-refractivity contribution < 1.29 is 24.2 Å². The van der Waals surface area contributed by atoms with Crippen molar-refractivity contribution >= 4 is 12.1 Å². The summed E-state index contributed by atoms with van der Waals surface area (Å²) in [6.45, 7) is 5.61. The molecule has 0 unspecified atom stereocenters. The number of ether oxygens (including phenoxy) is 2. The molecule has 0 bridgehead atoms. The monoisotopic (exact) mass is 245 g/mol. The fraction of sp³-hybridized carbons (Fsp3) is 0.818. The van der Waals surface area contributed by atoms with Crippen LogP contribution in [0.15, 0.2) is 0 Å². The number of hydrogen-bond donors (Lipinski definition) is 2. The summed E-state index contributed by atoms with van der Waals surface area (Å²) in [5.41, 5.74) is -0.537. The SMILES string of the molecule is CC(C)(C)OC(=O)NC[C@@H]1CC[C@H](C(=O)O)O1. The van der Waals surface area contributed by atoms with Crippen molar-refractivity contribution in [1.82, 2.24) is 5.32 Å². The molecule has 1 rings (SSSR count). The third-order valence-electron chi connectivity index (χ3n) is 2.26. The van der Waals surface area contributed by atoms with Crippen molar-refractivity contribution in [2.24, 2.45) is 0 Å². The number of rotatable bonds is 3. The van der Waals surface area contributed by atoms with Gasteiger partial charge in [0.05, 0.1) is 6.10 Å². The summed E-state index contributed by atoms with van der Waals surface area (Å²) < 4.78 is 10.3. The molecule has 1 aliphatic heterocycles. The fourth-order valence-corrected chi connectivity index (χ4v) is 1.55. The molecule has 17 heavy (non-hydrogen) atoms.